The molecule has 148 valence electrons. The monoisotopic (exact) mass is 441 g/mol. The summed E-state index contributed by atoms with van der Waals surface area (Å²) in [5, 5.41) is 4.30. The molecular weight excluding hydrogens is 425 g/mol. The zero-order valence-corrected chi connectivity index (χ0v) is 17.4. The van der Waals surface area contributed by atoms with Crippen LogP contribution in [0.3, 0.4) is 0 Å². The molecule has 3 rings (SSSR count). The molecule has 0 spiro atoms. The highest BCUT2D eigenvalue weighted by Gasteiger charge is 2.28. The molecule has 10 heteroatoms. The van der Waals surface area contributed by atoms with Gasteiger partial charge in [-0.25, -0.2) is 0 Å². The lowest BCUT2D eigenvalue weighted by atomic mass is 10.1. The van der Waals surface area contributed by atoms with E-state index in [4.69, 9.17) is 32.7 Å². The number of benzene rings is 2. The molecule has 0 bridgehead atoms. The van der Waals surface area contributed by atoms with E-state index in [1.165, 1.54) is 25.3 Å². The zero-order chi connectivity index (χ0) is 20.3. The summed E-state index contributed by atoms with van der Waals surface area (Å²) in [6.07, 6.45) is 0. The van der Waals surface area contributed by atoms with Gasteiger partial charge in [0, 0.05) is 17.7 Å². The number of halogens is 2. The molecule has 0 aliphatic heterocycles. The van der Waals surface area contributed by atoms with E-state index in [9.17, 15) is 8.42 Å². The highest BCUT2D eigenvalue weighted by atomic mass is 35.5. The summed E-state index contributed by atoms with van der Waals surface area (Å²) < 4.78 is 37.6. The Kier molecular flexibility index (Phi) is 6.24. The second-order valence-corrected chi connectivity index (χ2v) is 8.43. The molecule has 0 saturated heterocycles. The van der Waals surface area contributed by atoms with Gasteiger partial charge >= 0.3 is 6.01 Å². The summed E-state index contributed by atoms with van der Waals surface area (Å²) in [5.41, 5.74) is 1.58. The number of hydrogen-bond donors (Lipinski definition) is 0. The van der Waals surface area contributed by atoms with Crippen molar-refractivity contribution in [3.63, 3.8) is 0 Å². The van der Waals surface area contributed by atoms with Crippen molar-refractivity contribution < 1.29 is 17.9 Å². The Balaban J connectivity index is 2.14. The standard InChI is InChI=1S/C18H17Cl2N3O4S/c1-12-3-5-13(6-4-12)17-21-18(27-10-9-26-2)22-23(17)28(24,25)16-11-14(19)7-8-15(16)20/h3-8,11H,9-10H2,1-2H3. The van der Waals surface area contributed by atoms with Crippen LogP contribution in [0.1, 0.15) is 5.56 Å². The van der Waals surface area contributed by atoms with Gasteiger partial charge in [-0.3, -0.25) is 0 Å². The first-order valence-electron chi connectivity index (χ1n) is 8.19. The minimum absolute atomic E-state index is 0.0246. The first-order valence-corrected chi connectivity index (χ1v) is 10.4. The maximum atomic E-state index is 13.2. The van der Waals surface area contributed by atoms with Gasteiger partial charge in [-0.15, -0.1) is 4.09 Å². The molecule has 0 radical (unpaired) electrons. The Morgan fingerprint density at radius 1 is 1.07 bits per heavy atom. The zero-order valence-electron chi connectivity index (χ0n) is 15.1. The van der Waals surface area contributed by atoms with Gasteiger partial charge in [0.25, 0.3) is 10.0 Å². The van der Waals surface area contributed by atoms with Crippen LogP contribution in [0.2, 0.25) is 10.0 Å². The second kappa shape index (κ2) is 8.48. The molecule has 1 heterocycles. The maximum Gasteiger partial charge on any atom is 0.337 e. The normalized spacial score (nSPS) is 11.6. The molecule has 0 aliphatic carbocycles. The number of nitrogens with zero attached hydrogens (tertiary/aromatic N) is 3. The van der Waals surface area contributed by atoms with Gasteiger partial charge in [0.15, 0.2) is 5.82 Å². The van der Waals surface area contributed by atoms with E-state index < -0.39 is 10.0 Å². The van der Waals surface area contributed by atoms with Crippen molar-refractivity contribution in [1.82, 2.24) is 14.2 Å². The fourth-order valence-corrected chi connectivity index (χ4v) is 4.35. The summed E-state index contributed by atoms with van der Waals surface area (Å²) in [6, 6.07) is 11.3. The van der Waals surface area contributed by atoms with Crippen molar-refractivity contribution in [2.75, 3.05) is 20.3 Å². The largest absolute Gasteiger partial charge is 0.460 e. The molecule has 1 aromatic heterocycles. The van der Waals surface area contributed by atoms with Gasteiger partial charge in [-0.1, -0.05) is 58.1 Å². The molecule has 0 amide bonds. The van der Waals surface area contributed by atoms with E-state index in [1.807, 2.05) is 19.1 Å². The van der Waals surface area contributed by atoms with Crippen molar-refractivity contribution in [2.45, 2.75) is 11.8 Å². The molecule has 7 nitrogen and oxygen atoms in total. The van der Waals surface area contributed by atoms with Gasteiger partial charge in [0.2, 0.25) is 0 Å². The first kappa shape index (κ1) is 20.6. The molecule has 2 aromatic carbocycles. The average Bonchev–Trinajstić information content (AvgIpc) is 3.09. The van der Waals surface area contributed by atoms with Gasteiger partial charge in [-0.05, 0) is 25.1 Å². The van der Waals surface area contributed by atoms with Gasteiger partial charge < -0.3 is 9.47 Å². The third-order valence-corrected chi connectivity index (χ3v) is 6.07. The van der Waals surface area contributed by atoms with Crippen LogP contribution in [0, 0.1) is 6.92 Å². The van der Waals surface area contributed by atoms with E-state index in [2.05, 4.69) is 10.1 Å². The first-order chi connectivity index (χ1) is 13.3. The molecule has 0 saturated carbocycles. The van der Waals surface area contributed by atoms with Crippen LogP contribution in [0.15, 0.2) is 47.4 Å². The van der Waals surface area contributed by atoms with Gasteiger partial charge in [0.1, 0.15) is 11.5 Å². The lowest BCUT2D eigenvalue weighted by molar-refractivity contribution is 0.141. The molecule has 0 aliphatic rings. The molecule has 0 atom stereocenters. The fourth-order valence-electron chi connectivity index (χ4n) is 2.37. The number of aromatic nitrogens is 3. The van der Waals surface area contributed by atoms with Crippen LogP contribution in [-0.4, -0.2) is 42.9 Å². The van der Waals surface area contributed by atoms with Crippen LogP contribution in [0.25, 0.3) is 11.4 Å². The third kappa shape index (κ3) is 4.30. The van der Waals surface area contributed by atoms with Crippen molar-refractivity contribution in [3.05, 3.63) is 58.1 Å². The SMILES string of the molecule is COCCOc1nc(-c2ccc(C)cc2)n(S(=O)(=O)c2cc(Cl)ccc2Cl)n1. The van der Waals surface area contributed by atoms with Crippen molar-refractivity contribution in [1.29, 1.82) is 0 Å². The highest BCUT2D eigenvalue weighted by molar-refractivity contribution is 7.90. The van der Waals surface area contributed by atoms with E-state index in [-0.39, 0.29) is 33.4 Å². The van der Waals surface area contributed by atoms with Gasteiger partial charge in [-0.2, -0.15) is 13.4 Å². The predicted molar refractivity (Wildman–Crippen MR) is 107 cm³/mol. The summed E-state index contributed by atoms with van der Waals surface area (Å²) >= 11 is 12.1. The maximum absolute atomic E-state index is 13.2. The Hall–Kier alpha value is -2.13. The van der Waals surface area contributed by atoms with Crippen LogP contribution >= 0.6 is 23.2 Å². The molecule has 0 N–H and O–H groups in total. The van der Waals surface area contributed by atoms with Crippen molar-refractivity contribution in [3.8, 4) is 17.4 Å². The van der Waals surface area contributed by atoms with Crippen molar-refractivity contribution in [2.24, 2.45) is 0 Å². The predicted octanol–water partition coefficient (Wildman–Crippen LogP) is 3.82. The Morgan fingerprint density at radius 2 is 1.79 bits per heavy atom. The van der Waals surface area contributed by atoms with E-state index in [0.717, 1.165) is 9.65 Å². The van der Waals surface area contributed by atoms with Gasteiger partial charge in [0.05, 0.1) is 11.6 Å². The minimum Gasteiger partial charge on any atom is -0.460 e. The fraction of sp³-hybridized carbons (Fsp3) is 0.222. The molecule has 0 fully saturated rings. The average molecular weight is 442 g/mol. The Bertz CT molecular complexity index is 1080. The lowest BCUT2D eigenvalue weighted by Gasteiger charge is -2.09. The van der Waals surface area contributed by atoms with Crippen LogP contribution in [-0.2, 0) is 14.8 Å². The van der Waals surface area contributed by atoms with E-state index in [0.29, 0.717) is 12.2 Å². The van der Waals surface area contributed by atoms with E-state index in [1.54, 1.807) is 12.1 Å². The number of rotatable bonds is 7. The van der Waals surface area contributed by atoms with E-state index >= 15 is 0 Å². The third-order valence-electron chi connectivity index (χ3n) is 3.79. The molecular formula is C18H17Cl2N3O4S. The molecule has 28 heavy (non-hydrogen) atoms. The van der Waals surface area contributed by atoms with Crippen LogP contribution < -0.4 is 4.74 Å². The number of ether oxygens (including phenoxy) is 2. The van der Waals surface area contributed by atoms with Crippen LogP contribution in [0.5, 0.6) is 6.01 Å². The number of aryl methyl sites for hydroxylation is 1. The summed E-state index contributed by atoms with van der Waals surface area (Å²) in [7, 11) is -2.65. The Morgan fingerprint density at radius 3 is 2.46 bits per heavy atom. The summed E-state index contributed by atoms with van der Waals surface area (Å²) in [4.78, 5) is 4.07. The highest BCUT2D eigenvalue weighted by Crippen LogP contribution is 2.30. The van der Waals surface area contributed by atoms with Crippen LogP contribution in [0.4, 0.5) is 0 Å². The topological polar surface area (TPSA) is 83.3 Å². The quantitative estimate of drug-likeness (QED) is 0.518. The minimum atomic E-state index is -4.18. The number of hydrogen-bond acceptors (Lipinski definition) is 6. The summed E-state index contributed by atoms with van der Waals surface area (Å²) in [6.45, 7) is 2.41. The second-order valence-electron chi connectivity index (χ2n) is 5.85. The summed E-state index contributed by atoms with van der Waals surface area (Å²) in [5.74, 6) is 0.100. The number of methoxy groups -OCH3 is 1. The molecule has 3 aromatic rings. The molecule has 0 unspecified atom stereocenters. The smallest absolute Gasteiger partial charge is 0.337 e. The Labute approximate surface area is 172 Å². The van der Waals surface area contributed by atoms with Crippen molar-refractivity contribution >= 4 is 33.2 Å². The lowest BCUT2D eigenvalue weighted by Crippen LogP contribution is -2.17.